The summed E-state index contributed by atoms with van der Waals surface area (Å²) in [6, 6.07) is 12.6. The van der Waals surface area contributed by atoms with E-state index in [-0.39, 0.29) is 11.9 Å². The zero-order chi connectivity index (χ0) is 14.5. The van der Waals surface area contributed by atoms with Crippen molar-refractivity contribution in [3.8, 4) is 5.75 Å². The number of ether oxygens (including phenoxy) is 1. The Balaban J connectivity index is 2.03. The van der Waals surface area contributed by atoms with Gasteiger partial charge in [-0.2, -0.15) is 0 Å². The van der Waals surface area contributed by atoms with E-state index in [1.54, 1.807) is 23.9 Å². The fourth-order valence-corrected chi connectivity index (χ4v) is 2.91. The second-order valence-corrected chi connectivity index (χ2v) is 5.71. The zero-order valence-corrected chi connectivity index (χ0v) is 12.4. The summed E-state index contributed by atoms with van der Waals surface area (Å²) >= 11 is 1.63. The van der Waals surface area contributed by atoms with Gasteiger partial charge in [-0.25, -0.2) is 4.39 Å². The number of aryl methyl sites for hydroxylation is 1. The minimum Gasteiger partial charge on any atom is -0.497 e. The lowest BCUT2D eigenvalue weighted by atomic mass is 10.1. The van der Waals surface area contributed by atoms with Crippen molar-refractivity contribution >= 4 is 11.8 Å². The van der Waals surface area contributed by atoms with Crippen LogP contribution in [0.2, 0.25) is 0 Å². The van der Waals surface area contributed by atoms with Crippen molar-refractivity contribution in [2.75, 3.05) is 12.9 Å². The molecule has 2 N–H and O–H groups in total. The summed E-state index contributed by atoms with van der Waals surface area (Å²) in [5.74, 6) is 0.818. The molecule has 20 heavy (non-hydrogen) atoms. The highest BCUT2D eigenvalue weighted by Gasteiger charge is 2.12. The van der Waals surface area contributed by atoms with Gasteiger partial charge < -0.3 is 10.5 Å². The van der Waals surface area contributed by atoms with Gasteiger partial charge >= 0.3 is 0 Å². The summed E-state index contributed by atoms with van der Waals surface area (Å²) in [5, 5.41) is 0. The molecule has 2 nitrogen and oxygen atoms in total. The molecule has 0 saturated heterocycles. The predicted molar refractivity (Wildman–Crippen MR) is 81.8 cm³/mol. The van der Waals surface area contributed by atoms with Crippen LogP contribution in [-0.2, 0) is 0 Å². The third kappa shape index (κ3) is 3.74. The summed E-state index contributed by atoms with van der Waals surface area (Å²) in [6.45, 7) is 2.05. The molecule has 1 unspecified atom stereocenters. The van der Waals surface area contributed by atoms with Crippen molar-refractivity contribution in [2.24, 2.45) is 5.73 Å². The Kier molecular flexibility index (Phi) is 5.04. The van der Waals surface area contributed by atoms with E-state index in [2.05, 4.69) is 6.07 Å². The number of methoxy groups -OCH3 is 1. The lowest BCUT2D eigenvalue weighted by Crippen LogP contribution is -2.14. The molecule has 0 bridgehead atoms. The van der Waals surface area contributed by atoms with Gasteiger partial charge in [0.05, 0.1) is 7.11 Å². The molecular weight excluding hydrogens is 273 g/mol. The van der Waals surface area contributed by atoms with Crippen LogP contribution in [0.1, 0.15) is 17.2 Å². The maximum absolute atomic E-state index is 13.9. The van der Waals surface area contributed by atoms with E-state index in [0.29, 0.717) is 17.1 Å². The van der Waals surface area contributed by atoms with E-state index in [1.165, 1.54) is 18.7 Å². The Hall–Kier alpha value is -1.52. The van der Waals surface area contributed by atoms with Gasteiger partial charge in [-0.15, -0.1) is 11.8 Å². The van der Waals surface area contributed by atoms with Gasteiger partial charge in [-0.05, 0) is 25.1 Å². The number of rotatable bonds is 5. The molecule has 0 aliphatic rings. The van der Waals surface area contributed by atoms with Crippen LogP contribution in [0.5, 0.6) is 5.75 Å². The highest BCUT2D eigenvalue weighted by Crippen LogP contribution is 2.26. The smallest absolute Gasteiger partial charge is 0.131 e. The molecule has 4 heteroatoms. The highest BCUT2D eigenvalue weighted by molar-refractivity contribution is 7.99. The van der Waals surface area contributed by atoms with E-state index < -0.39 is 0 Å². The molecule has 0 aliphatic heterocycles. The molecular formula is C16H18FNOS. The largest absolute Gasteiger partial charge is 0.497 e. The van der Waals surface area contributed by atoms with E-state index in [0.717, 1.165) is 4.90 Å². The van der Waals surface area contributed by atoms with Crippen molar-refractivity contribution in [2.45, 2.75) is 17.9 Å². The molecule has 0 amide bonds. The van der Waals surface area contributed by atoms with Gasteiger partial charge in [-0.1, -0.05) is 23.8 Å². The van der Waals surface area contributed by atoms with Crippen LogP contribution in [0, 0.1) is 12.7 Å². The van der Waals surface area contributed by atoms with E-state index in [9.17, 15) is 4.39 Å². The van der Waals surface area contributed by atoms with E-state index in [4.69, 9.17) is 10.5 Å². The van der Waals surface area contributed by atoms with Crippen LogP contribution in [0.15, 0.2) is 47.4 Å². The third-order valence-corrected chi connectivity index (χ3v) is 4.14. The molecule has 2 aromatic carbocycles. The molecule has 0 fully saturated rings. The number of hydrogen-bond acceptors (Lipinski definition) is 3. The SMILES string of the molecule is COc1ccc(C(N)CSc2cccc(C)c2)c(F)c1. The topological polar surface area (TPSA) is 35.2 Å². The van der Waals surface area contributed by atoms with Crippen molar-refractivity contribution in [3.05, 3.63) is 59.4 Å². The summed E-state index contributed by atoms with van der Waals surface area (Å²) in [6.07, 6.45) is 0. The summed E-state index contributed by atoms with van der Waals surface area (Å²) in [5.41, 5.74) is 7.80. The normalized spacial score (nSPS) is 12.2. The Morgan fingerprint density at radius 1 is 1.25 bits per heavy atom. The number of halogens is 1. The Labute approximate surface area is 123 Å². The monoisotopic (exact) mass is 291 g/mol. The Morgan fingerprint density at radius 2 is 2.05 bits per heavy atom. The average Bonchev–Trinajstić information content (AvgIpc) is 2.44. The van der Waals surface area contributed by atoms with Crippen LogP contribution in [-0.4, -0.2) is 12.9 Å². The van der Waals surface area contributed by atoms with Crippen molar-refractivity contribution in [1.29, 1.82) is 0 Å². The second-order valence-electron chi connectivity index (χ2n) is 4.62. The van der Waals surface area contributed by atoms with Crippen molar-refractivity contribution in [1.82, 2.24) is 0 Å². The molecule has 0 saturated carbocycles. The van der Waals surface area contributed by atoms with Crippen LogP contribution in [0.25, 0.3) is 0 Å². The predicted octanol–water partition coefficient (Wildman–Crippen LogP) is 3.93. The average molecular weight is 291 g/mol. The number of thioether (sulfide) groups is 1. The molecule has 1 atom stereocenters. The highest BCUT2D eigenvalue weighted by atomic mass is 32.2. The molecule has 0 radical (unpaired) electrons. The van der Waals surface area contributed by atoms with E-state index in [1.807, 2.05) is 25.1 Å². The molecule has 2 rings (SSSR count). The maximum Gasteiger partial charge on any atom is 0.131 e. The van der Waals surface area contributed by atoms with E-state index >= 15 is 0 Å². The summed E-state index contributed by atoms with van der Waals surface area (Å²) in [4.78, 5) is 1.15. The fraction of sp³-hybridized carbons (Fsp3) is 0.250. The quantitative estimate of drug-likeness (QED) is 0.848. The number of hydrogen-bond donors (Lipinski definition) is 1. The summed E-state index contributed by atoms with van der Waals surface area (Å²) in [7, 11) is 1.52. The lowest BCUT2D eigenvalue weighted by Gasteiger charge is -2.13. The molecule has 0 heterocycles. The first-order valence-electron chi connectivity index (χ1n) is 6.38. The van der Waals surface area contributed by atoms with Crippen LogP contribution < -0.4 is 10.5 Å². The molecule has 106 valence electrons. The van der Waals surface area contributed by atoms with Gasteiger partial charge in [0.15, 0.2) is 0 Å². The van der Waals surface area contributed by atoms with Crippen molar-refractivity contribution in [3.63, 3.8) is 0 Å². The van der Waals surface area contributed by atoms with Crippen LogP contribution in [0.3, 0.4) is 0 Å². The fourth-order valence-electron chi connectivity index (χ4n) is 1.92. The van der Waals surface area contributed by atoms with Gasteiger partial charge in [-0.3, -0.25) is 0 Å². The molecule has 2 aromatic rings. The van der Waals surface area contributed by atoms with Gasteiger partial charge in [0.1, 0.15) is 11.6 Å². The number of nitrogens with two attached hydrogens (primary N) is 1. The second kappa shape index (κ2) is 6.77. The minimum absolute atomic E-state index is 0.318. The standard InChI is InChI=1S/C16H18FNOS/c1-11-4-3-5-13(8-11)20-10-16(18)14-7-6-12(19-2)9-15(14)17/h3-9,16H,10,18H2,1-2H3. The number of benzene rings is 2. The molecule has 0 aliphatic carbocycles. The first-order valence-corrected chi connectivity index (χ1v) is 7.37. The first-order chi connectivity index (χ1) is 9.60. The first kappa shape index (κ1) is 14.9. The van der Waals surface area contributed by atoms with Crippen LogP contribution in [0.4, 0.5) is 4.39 Å². The van der Waals surface area contributed by atoms with Gasteiger partial charge in [0.2, 0.25) is 0 Å². The van der Waals surface area contributed by atoms with Crippen molar-refractivity contribution < 1.29 is 9.13 Å². The third-order valence-electron chi connectivity index (χ3n) is 3.03. The maximum atomic E-state index is 13.9. The summed E-state index contributed by atoms with van der Waals surface area (Å²) < 4.78 is 18.9. The lowest BCUT2D eigenvalue weighted by molar-refractivity contribution is 0.410. The zero-order valence-electron chi connectivity index (χ0n) is 11.6. The Bertz CT molecular complexity index is 588. The minimum atomic E-state index is -0.341. The Morgan fingerprint density at radius 3 is 2.70 bits per heavy atom. The molecule has 0 aromatic heterocycles. The molecule has 0 spiro atoms. The van der Waals surface area contributed by atoms with Gasteiger partial charge in [0.25, 0.3) is 0 Å². The van der Waals surface area contributed by atoms with Gasteiger partial charge in [0, 0.05) is 28.3 Å². The van der Waals surface area contributed by atoms with Crippen LogP contribution >= 0.6 is 11.8 Å².